The van der Waals surface area contributed by atoms with E-state index in [4.69, 9.17) is 27.9 Å². The van der Waals surface area contributed by atoms with Gasteiger partial charge in [-0.25, -0.2) is 9.37 Å². The van der Waals surface area contributed by atoms with Crippen molar-refractivity contribution < 1.29 is 9.13 Å². The summed E-state index contributed by atoms with van der Waals surface area (Å²) in [5, 5.41) is 10.4. The lowest BCUT2D eigenvalue weighted by molar-refractivity contribution is 0.299. The van der Waals surface area contributed by atoms with Gasteiger partial charge >= 0.3 is 0 Å². The second kappa shape index (κ2) is 8.58. The average Bonchev–Trinajstić information content (AvgIpc) is 3.17. The van der Waals surface area contributed by atoms with E-state index in [1.807, 2.05) is 24.3 Å². The molecule has 0 aliphatic rings. The Morgan fingerprint density at radius 3 is 2.73 bits per heavy atom. The molecular formula is C23H14Cl2FN3O. The summed E-state index contributed by atoms with van der Waals surface area (Å²) in [7, 11) is 0. The van der Waals surface area contributed by atoms with Crippen molar-refractivity contribution in [2.45, 2.75) is 6.61 Å². The molecule has 4 aromatic rings. The molecule has 0 atom stereocenters. The number of nitriles is 1. The predicted octanol–water partition coefficient (Wildman–Crippen LogP) is 6.65. The molecule has 0 fully saturated rings. The first-order chi connectivity index (χ1) is 14.5. The minimum absolute atomic E-state index is 0.0689. The summed E-state index contributed by atoms with van der Waals surface area (Å²) in [6.07, 6.45) is 1.63. The molecule has 0 aliphatic carbocycles. The fraction of sp³-hybridized carbons (Fsp3) is 0.0435. The van der Waals surface area contributed by atoms with Crippen molar-refractivity contribution >= 4 is 45.9 Å². The van der Waals surface area contributed by atoms with Crippen molar-refractivity contribution in [2.24, 2.45) is 0 Å². The van der Waals surface area contributed by atoms with Crippen molar-refractivity contribution in [3.05, 3.63) is 93.5 Å². The van der Waals surface area contributed by atoms with Gasteiger partial charge in [-0.1, -0.05) is 41.4 Å². The van der Waals surface area contributed by atoms with Crippen LogP contribution in [0, 0.1) is 17.1 Å². The monoisotopic (exact) mass is 437 g/mol. The Morgan fingerprint density at radius 1 is 1.13 bits per heavy atom. The van der Waals surface area contributed by atoms with Crippen LogP contribution in [0.15, 0.2) is 60.7 Å². The molecule has 0 amide bonds. The van der Waals surface area contributed by atoms with Gasteiger partial charge in [0, 0.05) is 16.1 Å². The van der Waals surface area contributed by atoms with Gasteiger partial charge in [0.05, 0.1) is 21.6 Å². The molecule has 0 saturated heterocycles. The summed E-state index contributed by atoms with van der Waals surface area (Å²) >= 11 is 12.2. The Hall–Kier alpha value is -3.33. The standard InChI is InChI=1S/C23H14Cl2FN3O/c24-16-8-9-22(30-13-17-18(25)4-3-5-19(17)26)14(11-16)10-15(12-27)23-28-20-6-1-2-7-21(20)29-23/h1-11H,13H2,(H,28,29). The quantitative estimate of drug-likeness (QED) is 0.355. The maximum atomic E-state index is 14.1. The molecule has 148 valence electrons. The van der Waals surface area contributed by atoms with Crippen LogP contribution in [0.1, 0.15) is 17.0 Å². The van der Waals surface area contributed by atoms with Gasteiger partial charge in [0.2, 0.25) is 0 Å². The topological polar surface area (TPSA) is 61.7 Å². The molecule has 1 N–H and O–H groups in total. The van der Waals surface area contributed by atoms with Crippen LogP contribution in [0.3, 0.4) is 0 Å². The van der Waals surface area contributed by atoms with E-state index in [2.05, 4.69) is 16.0 Å². The highest BCUT2D eigenvalue weighted by Crippen LogP contribution is 2.29. The van der Waals surface area contributed by atoms with Gasteiger partial charge in [0.1, 0.15) is 30.1 Å². The van der Waals surface area contributed by atoms with Crippen LogP contribution in [0.4, 0.5) is 4.39 Å². The number of aromatic nitrogens is 2. The average molecular weight is 438 g/mol. The fourth-order valence-electron chi connectivity index (χ4n) is 2.97. The zero-order valence-electron chi connectivity index (χ0n) is 15.5. The van der Waals surface area contributed by atoms with Gasteiger partial charge in [-0.05, 0) is 48.5 Å². The largest absolute Gasteiger partial charge is 0.488 e. The third-order valence-corrected chi connectivity index (χ3v) is 5.06. The molecule has 0 saturated carbocycles. The lowest BCUT2D eigenvalue weighted by Gasteiger charge is -2.12. The smallest absolute Gasteiger partial charge is 0.149 e. The number of hydrogen-bond acceptors (Lipinski definition) is 3. The lowest BCUT2D eigenvalue weighted by Crippen LogP contribution is -2.01. The van der Waals surface area contributed by atoms with E-state index in [1.165, 1.54) is 12.1 Å². The molecule has 1 aromatic heterocycles. The zero-order chi connectivity index (χ0) is 21.1. The Bertz CT molecular complexity index is 1250. The number of ether oxygens (including phenoxy) is 1. The number of halogens is 3. The Balaban J connectivity index is 1.69. The second-order valence-electron chi connectivity index (χ2n) is 6.44. The van der Waals surface area contributed by atoms with Crippen LogP contribution in [-0.2, 0) is 6.61 Å². The van der Waals surface area contributed by atoms with E-state index in [-0.39, 0.29) is 17.2 Å². The highest BCUT2D eigenvalue weighted by atomic mass is 35.5. The van der Waals surface area contributed by atoms with E-state index in [0.29, 0.717) is 27.7 Å². The van der Waals surface area contributed by atoms with Gasteiger partial charge < -0.3 is 9.72 Å². The third-order valence-electron chi connectivity index (χ3n) is 4.47. The summed E-state index contributed by atoms with van der Waals surface area (Å²) in [5.74, 6) is 0.415. The fourth-order valence-corrected chi connectivity index (χ4v) is 3.37. The van der Waals surface area contributed by atoms with Crippen molar-refractivity contribution in [3.63, 3.8) is 0 Å². The molecule has 3 aromatic carbocycles. The first-order valence-corrected chi connectivity index (χ1v) is 9.73. The molecule has 4 nitrogen and oxygen atoms in total. The molecule has 0 spiro atoms. The molecule has 30 heavy (non-hydrogen) atoms. The van der Waals surface area contributed by atoms with Crippen molar-refractivity contribution in [2.75, 3.05) is 0 Å². The Labute approximate surface area is 182 Å². The number of fused-ring (bicyclic) bond motifs is 1. The van der Waals surface area contributed by atoms with E-state index in [9.17, 15) is 9.65 Å². The number of imidazole rings is 1. The maximum Gasteiger partial charge on any atom is 0.149 e. The SMILES string of the molecule is N#CC(=Cc1cc(Cl)ccc1OCc1c(F)cccc1Cl)c1nc2ccccc2[nH]1. The maximum absolute atomic E-state index is 14.1. The molecule has 0 radical (unpaired) electrons. The number of rotatable bonds is 5. The van der Waals surface area contributed by atoms with Crippen molar-refractivity contribution in [1.82, 2.24) is 9.97 Å². The van der Waals surface area contributed by atoms with Crippen LogP contribution < -0.4 is 4.74 Å². The first-order valence-electron chi connectivity index (χ1n) is 8.97. The van der Waals surface area contributed by atoms with Crippen LogP contribution in [-0.4, -0.2) is 9.97 Å². The highest BCUT2D eigenvalue weighted by Gasteiger charge is 2.12. The summed E-state index contributed by atoms with van der Waals surface area (Å²) in [5.41, 5.74) is 2.70. The van der Waals surface area contributed by atoms with E-state index >= 15 is 0 Å². The summed E-state index contributed by atoms with van der Waals surface area (Å²) in [4.78, 5) is 7.59. The highest BCUT2D eigenvalue weighted by molar-refractivity contribution is 6.31. The van der Waals surface area contributed by atoms with Crippen LogP contribution in [0.25, 0.3) is 22.7 Å². The minimum atomic E-state index is -0.450. The number of hydrogen-bond donors (Lipinski definition) is 1. The van der Waals surface area contributed by atoms with E-state index < -0.39 is 5.82 Å². The van der Waals surface area contributed by atoms with Gasteiger partial charge in [-0.2, -0.15) is 5.26 Å². The van der Waals surface area contributed by atoms with Gasteiger partial charge in [-0.15, -0.1) is 0 Å². The summed E-state index contributed by atoms with van der Waals surface area (Å²) < 4.78 is 19.9. The molecule has 0 unspecified atom stereocenters. The van der Waals surface area contributed by atoms with Crippen LogP contribution >= 0.6 is 23.2 Å². The van der Waals surface area contributed by atoms with E-state index in [1.54, 1.807) is 30.3 Å². The number of aromatic amines is 1. The van der Waals surface area contributed by atoms with Crippen molar-refractivity contribution in [3.8, 4) is 11.8 Å². The van der Waals surface area contributed by atoms with Crippen LogP contribution in [0.2, 0.25) is 10.0 Å². The molecule has 4 rings (SSSR count). The Morgan fingerprint density at radius 2 is 1.97 bits per heavy atom. The number of para-hydroxylation sites is 2. The number of nitrogens with zero attached hydrogens (tertiary/aromatic N) is 2. The summed E-state index contributed by atoms with van der Waals surface area (Å²) in [6.45, 7) is -0.0689. The third kappa shape index (κ3) is 4.16. The summed E-state index contributed by atoms with van der Waals surface area (Å²) in [6, 6.07) is 19.1. The van der Waals surface area contributed by atoms with Crippen LogP contribution in [0.5, 0.6) is 5.75 Å². The number of allylic oxidation sites excluding steroid dienone is 1. The van der Waals surface area contributed by atoms with Gasteiger partial charge in [0.25, 0.3) is 0 Å². The van der Waals surface area contributed by atoms with Crippen molar-refractivity contribution in [1.29, 1.82) is 5.26 Å². The number of H-pyrrole nitrogens is 1. The second-order valence-corrected chi connectivity index (χ2v) is 7.29. The predicted molar refractivity (Wildman–Crippen MR) is 117 cm³/mol. The lowest BCUT2D eigenvalue weighted by atomic mass is 10.1. The molecule has 7 heteroatoms. The minimum Gasteiger partial charge on any atom is -0.488 e. The van der Waals surface area contributed by atoms with E-state index in [0.717, 1.165) is 11.0 Å². The molecule has 0 aliphatic heterocycles. The molecule has 0 bridgehead atoms. The molecule has 1 heterocycles. The Kier molecular flexibility index (Phi) is 5.71. The normalized spacial score (nSPS) is 11.5. The first kappa shape index (κ1) is 20.0. The zero-order valence-corrected chi connectivity index (χ0v) is 17.0. The number of nitrogens with one attached hydrogen (secondary N) is 1. The van der Waals surface area contributed by atoms with Gasteiger partial charge in [0.15, 0.2) is 0 Å². The molecular weight excluding hydrogens is 424 g/mol. The van der Waals surface area contributed by atoms with Gasteiger partial charge in [-0.3, -0.25) is 0 Å². The number of benzene rings is 3.